The standard InChI is InChI=1S/C15H17N3OS/c1-10-7-8-13(12(16)9-10)20-14(15(19)18-17)11-5-3-2-4-6-11/h2-9,14H,16-17H2,1H3,(H,18,19). The second-order valence-corrected chi connectivity index (χ2v) is 5.61. The van der Waals surface area contributed by atoms with Gasteiger partial charge in [-0.05, 0) is 30.2 Å². The van der Waals surface area contributed by atoms with E-state index in [4.69, 9.17) is 11.6 Å². The molecule has 1 unspecified atom stereocenters. The van der Waals surface area contributed by atoms with Crippen molar-refractivity contribution in [2.45, 2.75) is 17.1 Å². The van der Waals surface area contributed by atoms with Gasteiger partial charge in [0.2, 0.25) is 0 Å². The lowest BCUT2D eigenvalue weighted by Gasteiger charge is -2.16. The number of rotatable bonds is 4. The molecule has 2 aromatic carbocycles. The van der Waals surface area contributed by atoms with E-state index < -0.39 is 5.25 Å². The quantitative estimate of drug-likeness (QED) is 0.265. The third kappa shape index (κ3) is 3.31. The number of anilines is 1. The molecule has 0 bridgehead atoms. The fourth-order valence-corrected chi connectivity index (χ4v) is 2.94. The van der Waals surface area contributed by atoms with Gasteiger partial charge < -0.3 is 5.73 Å². The Hall–Kier alpha value is -1.98. The van der Waals surface area contributed by atoms with E-state index in [-0.39, 0.29) is 5.91 Å². The highest BCUT2D eigenvalue weighted by Gasteiger charge is 2.21. The van der Waals surface area contributed by atoms with Crippen LogP contribution in [-0.4, -0.2) is 5.91 Å². The van der Waals surface area contributed by atoms with E-state index in [1.165, 1.54) is 11.8 Å². The number of hydrogen-bond acceptors (Lipinski definition) is 4. The van der Waals surface area contributed by atoms with Crippen LogP contribution in [0.15, 0.2) is 53.4 Å². The fourth-order valence-electron chi connectivity index (χ4n) is 1.88. The molecule has 1 atom stereocenters. The number of nitrogens with one attached hydrogen (secondary N) is 1. The molecule has 0 aliphatic carbocycles. The van der Waals surface area contributed by atoms with Gasteiger partial charge in [0.25, 0.3) is 5.91 Å². The summed E-state index contributed by atoms with van der Waals surface area (Å²) in [7, 11) is 0. The van der Waals surface area contributed by atoms with Crippen LogP contribution in [0.2, 0.25) is 0 Å². The first-order valence-electron chi connectivity index (χ1n) is 6.20. The Labute approximate surface area is 122 Å². The Bertz CT molecular complexity index is 601. The molecule has 0 aliphatic rings. The van der Waals surface area contributed by atoms with E-state index in [9.17, 15) is 4.79 Å². The zero-order valence-electron chi connectivity index (χ0n) is 11.2. The lowest BCUT2D eigenvalue weighted by molar-refractivity contribution is -0.120. The summed E-state index contributed by atoms with van der Waals surface area (Å²) in [6.07, 6.45) is 0. The molecule has 0 spiro atoms. The summed E-state index contributed by atoms with van der Waals surface area (Å²) in [6.45, 7) is 1.98. The van der Waals surface area contributed by atoms with Crippen LogP contribution in [0.5, 0.6) is 0 Å². The number of thioether (sulfide) groups is 1. The molecule has 4 nitrogen and oxygen atoms in total. The van der Waals surface area contributed by atoms with Crippen molar-refractivity contribution in [3.05, 3.63) is 59.7 Å². The predicted molar refractivity (Wildman–Crippen MR) is 83.0 cm³/mol. The summed E-state index contributed by atoms with van der Waals surface area (Å²) in [5.74, 6) is 5.03. The average Bonchev–Trinajstić information content (AvgIpc) is 2.46. The monoisotopic (exact) mass is 287 g/mol. The van der Waals surface area contributed by atoms with Gasteiger partial charge in [-0.15, -0.1) is 11.8 Å². The first-order valence-corrected chi connectivity index (χ1v) is 7.08. The maximum absolute atomic E-state index is 12.0. The van der Waals surface area contributed by atoms with Crippen LogP contribution >= 0.6 is 11.8 Å². The Morgan fingerprint density at radius 1 is 1.20 bits per heavy atom. The number of carbonyl (C=O) groups is 1. The summed E-state index contributed by atoms with van der Waals surface area (Å²) in [6, 6.07) is 15.3. The normalized spacial score (nSPS) is 11.9. The molecule has 1 amide bonds. The van der Waals surface area contributed by atoms with Gasteiger partial charge in [-0.3, -0.25) is 10.2 Å². The molecule has 2 rings (SSSR count). The molecule has 5 N–H and O–H groups in total. The topological polar surface area (TPSA) is 81.1 Å². The lowest BCUT2D eigenvalue weighted by atomic mass is 10.1. The SMILES string of the molecule is Cc1ccc(SC(C(=O)NN)c2ccccc2)c(N)c1. The molecular weight excluding hydrogens is 270 g/mol. The summed E-state index contributed by atoms with van der Waals surface area (Å²) in [4.78, 5) is 12.9. The van der Waals surface area contributed by atoms with Crippen molar-refractivity contribution in [2.24, 2.45) is 5.84 Å². The summed E-state index contributed by atoms with van der Waals surface area (Å²) in [5, 5.41) is -0.425. The van der Waals surface area contributed by atoms with Crippen molar-refractivity contribution in [1.29, 1.82) is 0 Å². The number of benzene rings is 2. The van der Waals surface area contributed by atoms with Crippen molar-refractivity contribution in [3.63, 3.8) is 0 Å². The maximum atomic E-state index is 12.0. The van der Waals surface area contributed by atoms with Gasteiger partial charge >= 0.3 is 0 Å². The van der Waals surface area contributed by atoms with E-state index in [1.54, 1.807) is 0 Å². The van der Waals surface area contributed by atoms with Gasteiger partial charge in [-0.2, -0.15) is 0 Å². The van der Waals surface area contributed by atoms with Crippen LogP contribution in [-0.2, 0) is 4.79 Å². The first-order chi connectivity index (χ1) is 9.61. The Morgan fingerprint density at radius 2 is 1.90 bits per heavy atom. The average molecular weight is 287 g/mol. The van der Waals surface area contributed by atoms with Crippen LogP contribution in [0.25, 0.3) is 0 Å². The van der Waals surface area contributed by atoms with Gasteiger partial charge in [-0.1, -0.05) is 36.4 Å². The molecule has 2 aromatic rings. The summed E-state index contributed by atoms with van der Waals surface area (Å²) in [5.41, 5.74) is 10.9. The second kappa shape index (κ2) is 6.45. The molecule has 0 radical (unpaired) electrons. The smallest absolute Gasteiger partial charge is 0.251 e. The van der Waals surface area contributed by atoms with E-state index in [1.807, 2.05) is 55.5 Å². The van der Waals surface area contributed by atoms with Crippen molar-refractivity contribution in [2.75, 3.05) is 5.73 Å². The molecule has 0 saturated heterocycles. The summed E-state index contributed by atoms with van der Waals surface area (Å²) < 4.78 is 0. The molecule has 0 saturated carbocycles. The third-order valence-corrected chi connectivity index (χ3v) is 4.24. The van der Waals surface area contributed by atoms with Crippen molar-refractivity contribution in [1.82, 2.24) is 5.43 Å². The molecular formula is C15H17N3OS. The molecule has 0 fully saturated rings. The number of nitrogens with two attached hydrogens (primary N) is 2. The number of nitrogen functional groups attached to an aromatic ring is 1. The Morgan fingerprint density at radius 3 is 2.50 bits per heavy atom. The van der Waals surface area contributed by atoms with Crippen LogP contribution < -0.4 is 17.0 Å². The predicted octanol–water partition coefficient (Wildman–Crippen LogP) is 2.40. The zero-order chi connectivity index (χ0) is 14.5. The number of carbonyl (C=O) groups excluding carboxylic acids is 1. The van der Waals surface area contributed by atoms with Crippen molar-refractivity contribution in [3.8, 4) is 0 Å². The summed E-state index contributed by atoms with van der Waals surface area (Å²) >= 11 is 1.39. The van der Waals surface area contributed by atoms with Gasteiger partial charge in [0.15, 0.2) is 0 Å². The third-order valence-electron chi connectivity index (χ3n) is 2.89. The van der Waals surface area contributed by atoms with Gasteiger partial charge in [0.1, 0.15) is 5.25 Å². The highest BCUT2D eigenvalue weighted by atomic mass is 32.2. The van der Waals surface area contributed by atoms with Crippen LogP contribution in [0.4, 0.5) is 5.69 Å². The highest BCUT2D eigenvalue weighted by molar-refractivity contribution is 8.00. The molecule has 0 aliphatic heterocycles. The van der Waals surface area contributed by atoms with Gasteiger partial charge in [0.05, 0.1) is 0 Å². The second-order valence-electron chi connectivity index (χ2n) is 4.46. The molecule has 104 valence electrons. The Balaban J connectivity index is 2.31. The van der Waals surface area contributed by atoms with Crippen LogP contribution in [0.3, 0.4) is 0 Å². The van der Waals surface area contributed by atoms with Crippen molar-refractivity contribution < 1.29 is 4.79 Å². The highest BCUT2D eigenvalue weighted by Crippen LogP contribution is 2.38. The molecule has 20 heavy (non-hydrogen) atoms. The lowest BCUT2D eigenvalue weighted by Crippen LogP contribution is -2.33. The first kappa shape index (κ1) is 14.4. The van der Waals surface area contributed by atoms with Gasteiger partial charge in [-0.25, -0.2) is 5.84 Å². The fraction of sp³-hybridized carbons (Fsp3) is 0.133. The molecule has 0 heterocycles. The molecule has 5 heteroatoms. The zero-order valence-corrected chi connectivity index (χ0v) is 12.0. The number of hydrazine groups is 1. The molecule has 0 aromatic heterocycles. The number of amides is 1. The minimum Gasteiger partial charge on any atom is -0.398 e. The van der Waals surface area contributed by atoms with Crippen LogP contribution in [0.1, 0.15) is 16.4 Å². The van der Waals surface area contributed by atoms with Gasteiger partial charge in [0, 0.05) is 10.6 Å². The van der Waals surface area contributed by atoms with Crippen molar-refractivity contribution >= 4 is 23.4 Å². The maximum Gasteiger partial charge on any atom is 0.251 e. The minimum atomic E-state index is -0.425. The largest absolute Gasteiger partial charge is 0.398 e. The van der Waals surface area contributed by atoms with E-state index in [0.717, 1.165) is 16.0 Å². The van der Waals surface area contributed by atoms with E-state index in [2.05, 4.69) is 5.43 Å². The van der Waals surface area contributed by atoms with E-state index >= 15 is 0 Å². The minimum absolute atomic E-state index is 0.249. The number of aryl methyl sites for hydroxylation is 1. The Kier molecular flexibility index (Phi) is 4.65. The number of hydrogen-bond donors (Lipinski definition) is 3. The van der Waals surface area contributed by atoms with Crippen LogP contribution in [0, 0.1) is 6.92 Å². The van der Waals surface area contributed by atoms with E-state index in [0.29, 0.717) is 5.69 Å².